The summed E-state index contributed by atoms with van der Waals surface area (Å²) in [5, 5.41) is 2.10. The maximum Gasteiger partial charge on any atom is 0.0549 e. The van der Waals surface area contributed by atoms with E-state index in [1.807, 2.05) is 0 Å². The standard InChI is InChI=1S/C10H14N2/c1-8-3-4-10-9(7-8)5-6-11-12(10)2/h3-4,7,11H,5-6H2,1-2H3. The van der Waals surface area contributed by atoms with Gasteiger partial charge in [-0.15, -0.1) is 0 Å². The summed E-state index contributed by atoms with van der Waals surface area (Å²) < 4.78 is 0. The zero-order valence-corrected chi connectivity index (χ0v) is 7.59. The van der Waals surface area contributed by atoms with Crippen molar-refractivity contribution in [3.63, 3.8) is 0 Å². The van der Waals surface area contributed by atoms with Crippen LogP contribution in [0.2, 0.25) is 0 Å². The first-order valence-corrected chi connectivity index (χ1v) is 4.34. The van der Waals surface area contributed by atoms with Gasteiger partial charge < -0.3 is 5.01 Å². The van der Waals surface area contributed by atoms with Crippen molar-refractivity contribution in [1.82, 2.24) is 5.43 Å². The van der Waals surface area contributed by atoms with Gasteiger partial charge in [0.25, 0.3) is 0 Å². The molecular weight excluding hydrogens is 148 g/mol. The van der Waals surface area contributed by atoms with Crippen molar-refractivity contribution in [3.8, 4) is 0 Å². The molecule has 2 nitrogen and oxygen atoms in total. The molecule has 1 N–H and O–H groups in total. The number of hydrogen-bond donors (Lipinski definition) is 1. The molecule has 1 aromatic rings. The van der Waals surface area contributed by atoms with Gasteiger partial charge in [0, 0.05) is 13.6 Å². The van der Waals surface area contributed by atoms with Crippen LogP contribution in [0.1, 0.15) is 11.1 Å². The molecular formula is C10H14N2. The van der Waals surface area contributed by atoms with E-state index in [1.54, 1.807) is 0 Å². The lowest BCUT2D eigenvalue weighted by Crippen LogP contribution is -2.40. The largest absolute Gasteiger partial charge is 0.311 e. The quantitative estimate of drug-likeness (QED) is 0.621. The smallest absolute Gasteiger partial charge is 0.0549 e. The van der Waals surface area contributed by atoms with Crippen molar-refractivity contribution >= 4 is 5.69 Å². The van der Waals surface area contributed by atoms with Gasteiger partial charge in [0.2, 0.25) is 0 Å². The van der Waals surface area contributed by atoms with Gasteiger partial charge >= 0.3 is 0 Å². The van der Waals surface area contributed by atoms with Gasteiger partial charge in [-0.2, -0.15) is 0 Å². The van der Waals surface area contributed by atoms with E-state index in [2.05, 4.69) is 42.6 Å². The van der Waals surface area contributed by atoms with Gasteiger partial charge in [0.15, 0.2) is 0 Å². The third kappa shape index (κ3) is 1.18. The molecule has 0 unspecified atom stereocenters. The molecule has 0 bridgehead atoms. The minimum absolute atomic E-state index is 1.05. The Morgan fingerprint density at radius 1 is 1.42 bits per heavy atom. The van der Waals surface area contributed by atoms with Gasteiger partial charge in [0.1, 0.15) is 0 Å². The van der Waals surface area contributed by atoms with E-state index in [-0.39, 0.29) is 0 Å². The molecule has 0 aromatic heterocycles. The average Bonchev–Trinajstić information content (AvgIpc) is 2.04. The van der Waals surface area contributed by atoms with Crippen LogP contribution in [0.3, 0.4) is 0 Å². The van der Waals surface area contributed by atoms with Crippen LogP contribution in [0.5, 0.6) is 0 Å². The van der Waals surface area contributed by atoms with Crippen molar-refractivity contribution in [3.05, 3.63) is 29.3 Å². The van der Waals surface area contributed by atoms with Crippen molar-refractivity contribution in [2.24, 2.45) is 0 Å². The Labute approximate surface area is 73.2 Å². The fourth-order valence-corrected chi connectivity index (χ4v) is 1.69. The third-order valence-electron chi connectivity index (χ3n) is 2.34. The van der Waals surface area contributed by atoms with Crippen molar-refractivity contribution in [1.29, 1.82) is 0 Å². The normalized spacial score (nSPS) is 16.0. The topological polar surface area (TPSA) is 15.3 Å². The van der Waals surface area contributed by atoms with Crippen molar-refractivity contribution in [2.75, 3.05) is 18.6 Å². The van der Waals surface area contributed by atoms with Crippen LogP contribution < -0.4 is 10.4 Å². The second kappa shape index (κ2) is 2.79. The molecule has 2 rings (SSSR count). The molecule has 0 fully saturated rings. The van der Waals surface area contributed by atoms with Crippen LogP contribution in [0.4, 0.5) is 5.69 Å². The molecule has 64 valence electrons. The Morgan fingerprint density at radius 2 is 2.25 bits per heavy atom. The molecule has 1 aliphatic rings. The Bertz CT molecular complexity index is 294. The van der Waals surface area contributed by atoms with Crippen molar-refractivity contribution in [2.45, 2.75) is 13.3 Å². The van der Waals surface area contributed by atoms with Crippen LogP contribution in [-0.4, -0.2) is 13.6 Å². The van der Waals surface area contributed by atoms with Crippen LogP contribution in [-0.2, 0) is 6.42 Å². The summed E-state index contributed by atoms with van der Waals surface area (Å²) in [7, 11) is 2.06. The van der Waals surface area contributed by atoms with Gasteiger partial charge in [-0.05, 0) is 25.0 Å². The first-order chi connectivity index (χ1) is 5.77. The van der Waals surface area contributed by atoms with Gasteiger partial charge in [-0.3, -0.25) is 0 Å². The number of rotatable bonds is 0. The molecule has 1 aliphatic heterocycles. The first-order valence-electron chi connectivity index (χ1n) is 4.34. The molecule has 1 heterocycles. The maximum absolute atomic E-state index is 3.29. The first kappa shape index (κ1) is 7.62. The number of hydrazine groups is 1. The molecule has 0 atom stereocenters. The molecule has 0 spiro atoms. The number of hydrogen-bond acceptors (Lipinski definition) is 2. The Hall–Kier alpha value is -1.02. The Balaban J connectivity index is 2.46. The Kier molecular flexibility index (Phi) is 1.77. The highest BCUT2D eigenvalue weighted by Gasteiger charge is 2.11. The predicted octanol–water partition coefficient (Wildman–Crippen LogP) is 1.49. The molecule has 0 saturated carbocycles. The summed E-state index contributed by atoms with van der Waals surface area (Å²) in [5.74, 6) is 0. The summed E-state index contributed by atoms with van der Waals surface area (Å²) in [6.07, 6.45) is 1.14. The number of benzene rings is 1. The molecule has 12 heavy (non-hydrogen) atoms. The summed E-state index contributed by atoms with van der Waals surface area (Å²) in [5.41, 5.74) is 7.41. The Morgan fingerprint density at radius 3 is 3.08 bits per heavy atom. The van der Waals surface area contributed by atoms with E-state index in [0.29, 0.717) is 0 Å². The van der Waals surface area contributed by atoms with Gasteiger partial charge in [0.05, 0.1) is 5.69 Å². The van der Waals surface area contributed by atoms with E-state index < -0.39 is 0 Å². The number of nitrogens with one attached hydrogen (secondary N) is 1. The fraction of sp³-hybridized carbons (Fsp3) is 0.400. The highest BCUT2D eigenvalue weighted by molar-refractivity contribution is 5.55. The molecule has 0 amide bonds. The number of aryl methyl sites for hydroxylation is 1. The predicted molar refractivity (Wildman–Crippen MR) is 51.3 cm³/mol. The monoisotopic (exact) mass is 162 g/mol. The van der Waals surface area contributed by atoms with E-state index in [0.717, 1.165) is 13.0 Å². The second-order valence-electron chi connectivity index (χ2n) is 3.35. The van der Waals surface area contributed by atoms with E-state index >= 15 is 0 Å². The summed E-state index contributed by atoms with van der Waals surface area (Å²) in [6, 6.07) is 6.60. The lowest BCUT2D eigenvalue weighted by molar-refractivity contribution is 0.641. The van der Waals surface area contributed by atoms with Crippen LogP contribution in [0.15, 0.2) is 18.2 Å². The maximum atomic E-state index is 3.29. The summed E-state index contributed by atoms with van der Waals surface area (Å²) in [4.78, 5) is 0. The molecule has 0 saturated heterocycles. The highest BCUT2D eigenvalue weighted by Crippen LogP contribution is 2.22. The lowest BCUT2D eigenvalue weighted by Gasteiger charge is -2.28. The minimum atomic E-state index is 1.05. The molecule has 0 radical (unpaired) electrons. The van der Waals surface area contributed by atoms with E-state index in [1.165, 1.54) is 16.8 Å². The number of fused-ring (bicyclic) bond motifs is 1. The summed E-state index contributed by atoms with van der Waals surface area (Å²) >= 11 is 0. The number of nitrogens with zero attached hydrogens (tertiary/aromatic N) is 1. The number of anilines is 1. The average molecular weight is 162 g/mol. The SMILES string of the molecule is Cc1ccc2c(c1)CCNN2C. The zero-order chi connectivity index (χ0) is 8.55. The molecule has 2 heteroatoms. The zero-order valence-electron chi connectivity index (χ0n) is 7.59. The van der Waals surface area contributed by atoms with Crippen LogP contribution in [0, 0.1) is 6.92 Å². The fourth-order valence-electron chi connectivity index (χ4n) is 1.69. The highest BCUT2D eigenvalue weighted by atomic mass is 15.5. The molecule has 0 aliphatic carbocycles. The minimum Gasteiger partial charge on any atom is -0.311 e. The van der Waals surface area contributed by atoms with Crippen LogP contribution >= 0.6 is 0 Å². The third-order valence-corrected chi connectivity index (χ3v) is 2.34. The van der Waals surface area contributed by atoms with E-state index in [9.17, 15) is 0 Å². The summed E-state index contributed by atoms with van der Waals surface area (Å²) in [6.45, 7) is 3.19. The van der Waals surface area contributed by atoms with Gasteiger partial charge in [-0.25, -0.2) is 5.43 Å². The van der Waals surface area contributed by atoms with Crippen molar-refractivity contribution < 1.29 is 0 Å². The van der Waals surface area contributed by atoms with E-state index in [4.69, 9.17) is 0 Å². The molecule has 1 aromatic carbocycles. The lowest BCUT2D eigenvalue weighted by atomic mass is 10.0. The second-order valence-corrected chi connectivity index (χ2v) is 3.35. The van der Waals surface area contributed by atoms with Crippen LogP contribution in [0.25, 0.3) is 0 Å². The van der Waals surface area contributed by atoms with Gasteiger partial charge in [-0.1, -0.05) is 17.7 Å².